The maximum Gasteiger partial charge on any atom is 0.274 e. The van der Waals surface area contributed by atoms with E-state index in [2.05, 4.69) is 5.32 Å². The molecule has 1 atom stereocenters. The lowest BCUT2D eigenvalue weighted by atomic mass is 10.1. The summed E-state index contributed by atoms with van der Waals surface area (Å²) in [7, 11) is 0. The molecule has 0 saturated heterocycles. The van der Waals surface area contributed by atoms with Gasteiger partial charge in [-0.1, -0.05) is 6.92 Å². The van der Waals surface area contributed by atoms with Crippen LogP contribution < -0.4 is 10.7 Å². The zero-order valence-electron chi connectivity index (χ0n) is 16.4. The minimum absolute atomic E-state index is 0.0901. The second kappa shape index (κ2) is 8.78. The average Bonchev–Trinajstić information content (AvgIpc) is 2.71. The maximum atomic E-state index is 13.7. The predicted octanol–water partition coefficient (Wildman–Crippen LogP) is 2.11. The van der Waals surface area contributed by atoms with E-state index in [1.807, 2.05) is 0 Å². The van der Waals surface area contributed by atoms with Crippen molar-refractivity contribution in [2.75, 3.05) is 13.1 Å². The van der Waals surface area contributed by atoms with Crippen molar-refractivity contribution in [3.63, 3.8) is 0 Å². The Morgan fingerprint density at radius 2 is 1.84 bits per heavy atom. The summed E-state index contributed by atoms with van der Waals surface area (Å²) in [5.74, 6) is -6.34. The summed E-state index contributed by atoms with van der Waals surface area (Å²) in [6.45, 7) is 0.929. The average molecular weight is 441 g/mol. The molecule has 2 amide bonds. The molecule has 0 saturated carbocycles. The number of nitrogens with one attached hydrogen (secondary N) is 1. The van der Waals surface area contributed by atoms with Gasteiger partial charge in [-0.25, -0.2) is 17.6 Å². The fourth-order valence-corrected chi connectivity index (χ4v) is 3.24. The van der Waals surface area contributed by atoms with E-state index >= 15 is 0 Å². The summed E-state index contributed by atoms with van der Waals surface area (Å²) in [4.78, 5) is 38.6. The van der Waals surface area contributed by atoms with Crippen LogP contribution in [0, 0.1) is 17.5 Å². The molecule has 0 aliphatic carbocycles. The normalized spacial score (nSPS) is 14.4. The molecule has 31 heavy (non-hydrogen) atoms. The maximum absolute atomic E-state index is 13.7. The van der Waals surface area contributed by atoms with Crippen LogP contribution in [0.4, 0.5) is 17.6 Å². The lowest BCUT2D eigenvalue weighted by Gasteiger charge is -2.31. The van der Waals surface area contributed by atoms with Gasteiger partial charge in [0, 0.05) is 43.5 Å². The number of carbonyl (C=O) groups excluding carboxylic acids is 2. The number of amides is 2. The van der Waals surface area contributed by atoms with Crippen LogP contribution >= 0.6 is 0 Å². The molecule has 1 aliphatic rings. The molecule has 1 unspecified atom stereocenters. The van der Waals surface area contributed by atoms with E-state index in [-0.39, 0.29) is 31.7 Å². The third-order valence-electron chi connectivity index (χ3n) is 4.99. The number of pyridine rings is 1. The Hall–Kier alpha value is -3.37. The number of fused-ring (bicyclic) bond motifs is 1. The molecule has 7 nitrogen and oxygen atoms in total. The largest absolute Gasteiger partial charge is 0.503 e. The second-order valence-electron chi connectivity index (χ2n) is 7.05. The first-order valence-corrected chi connectivity index (χ1v) is 9.45. The van der Waals surface area contributed by atoms with Crippen molar-refractivity contribution in [1.82, 2.24) is 14.8 Å². The van der Waals surface area contributed by atoms with Gasteiger partial charge in [-0.3, -0.25) is 14.4 Å². The van der Waals surface area contributed by atoms with Crippen molar-refractivity contribution in [3.8, 4) is 5.75 Å². The molecular weight excluding hydrogens is 422 g/mol. The number of aromatic nitrogens is 1. The van der Waals surface area contributed by atoms with Gasteiger partial charge < -0.3 is 19.9 Å². The summed E-state index contributed by atoms with van der Waals surface area (Å²) >= 11 is 0. The van der Waals surface area contributed by atoms with Crippen molar-refractivity contribution in [2.45, 2.75) is 32.6 Å². The summed E-state index contributed by atoms with van der Waals surface area (Å²) in [6, 6.07) is 0.893. The van der Waals surface area contributed by atoms with Crippen molar-refractivity contribution in [1.29, 1.82) is 0 Å². The summed E-state index contributed by atoms with van der Waals surface area (Å²) < 4.78 is 55.3. The van der Waals surface area contributed by atoms with Crippen LogP contribution in [0.1, 0.15) is 39.8 Å². The van der Waals surface area contributed by atoms with E-state index in [4.69, 9.17) is 0 Å². The molecule has 1 aromatic carbocycles. The molecule has 2 heterocycles. The Morgan fingerprint density at radius 1 is 1.19 bits per heavy atom. The van der Waals surface area contributed by atoms with Crippen LogP contribution in [0.3, 0.4) is 0 Å². The summed E-state index contributed by atoms with van der Waals surface area (Å²) in [5.41, 5.74) is -2.69. The first kappa shape index (κ1) is 22.3. The number of nitrogens with zero attached hydrogens (tertiary/aromatic N) is 2. The highest BCUT2D eigenvalue weighted by Crippen LogP contribution is 2.21. The fraction of sp³-hybridized carbons (Fsp3) is 0.350. The third kappa shape index (κ3) is 4.39. The van der Waals surface area contributed by atoms with Gasteiger partial charge in [0.25, 0.3) is 11.8 Å². The highest BCUT2D eigenvalue weighted by Gasteiger charge is 2.31. The van der Waals surface area contributed by atoms with Crippen molar-refractivity contribution in [2.24, 2.45) is 0 Å². The monoisotopic (exact) mass is 441 g/mol. The SMILES string of the molecule is CCC(F)CN1CCn2cc(C(=O)NCc3c(F)cc(F)cc3F)c(=O)c(O)c2C1=O. The number of hydrogen-bond donors (Lipinski definition) is 2. The molecule has 166 valence electrons. The molecule has 11 heteroatoms. The molecule has 1 aliphatic heterocycles. The number of hydrogen-bond acceptors (Lipinski definition) is 4. The lowest BCUT2D eigenvalue weighted by molar-refractivity contribution is 0.0642. The standard InChI is InChI=1S/C20H19F4N3O4/c1-2-10(21)8-27-4-3-26-9-13(17(28)18(29)16(26)20(27)31)19(30)25-7-12-14(23)5-11(22)6-15(12)24/h5-6,9-10,29H,2-4,7-8H2,1H3,(H,25,30). The van der Waals surface area contributed by atoms with Crippen LogP contribution in [0.2, 0.25) is 0 Å². The molecule has 1 aromatic heterocycles. The van der Waals surface area contributed by atoms with Crippen LogP contribution in [0.5, 0.6) is 5.75 Å². The van der Waals surface area contributed by atoms with E-state index in [1.54, 1.807) is 6.92 Å². The Kier molecular flexibility index (Phi) is 6.32. The summed E-state index contributed by atoms with van der Waals surface area (Å²) in [5, 5.41) is 12.4. The van der Waals surface area contributed by atoms with E-state index in [0.29, 0.717) is 12.1 Å². The van der Waals surface area contributed by atoms with Crippen molar-refractivity contribution >= 4 is 11.8 Å². The smallest absolute Gasteiger partial charge is 0.274 e. The Labute approximate surface area is 173 Å². The van der Waals surface area contributed by atoms with Gasteiger partial charge in [0.2, 0.25) is 5.43 Å². The first-order chi connectivity index (χ1) is 14.6. The number of carbonyl (C=O) groups is 2. The Morgan fingerprint density at radius 3 is 2.45 bits per heavy atom. The van der Waals surface area contributed by atoms with Gasteiger partial charge in [0.1, 0.15) is 29.2 Å². The molecular formula is C20H19F4N3O4. The quantitative estimate of drug-likeness (QED) is 0.672. The molecule has 2 aromatic rings. The molecule has 0 fully saturated rings. The Bertz CT molecular complexity index is 1080. The van der Waals surface area contributed by atoms with Gasteiger partial charge in [-0.15, -0.1) is 0 Å². The number of rotatable bonds is 6. The highest BCUT2D eigenvalue weighted by molar-refractivity contribution is 5.99. The highest BCUT2D eigenvalue weighted by atomic mass is 19.1. The van der Waals surface area contributed by atoms with Crippen LogP contribution in [0.25, 0.3) is 0 Å². The topological polar surface area (TPSA) is 91.6 Å². The van der Waals surface area contributed by atoms with Crippen LogP contribution in [0.15, 0.2) is 23.1 Å². The van der Waals surface area contributed by atoms with Crippen molar-refractivity contribution in [3.05, 3.63) is 62.8 Å². The van der Waals surface area contributed by atoms with E-state index < -0.39 is 64.3 Å². The van der Waals surface area contributed by atoms with E-state index in [0.717, 1.165) is 6.20 Å². The number of benzene rings is 1. The third-order valence-corrected chi connectivity index (χ3v) is 4.99. The zero-order chi connectivity index (χ0) is 22.9. The minimum atomic E-state index is -1.26. The van der Waals surface area contributed by atoms with Crippen LogP contribution in [-0.2, 0) is 13.1 Å². The molecule has 0 spiro atoms. The van der Waals surface area contributed by atoms with Gasteiger partial charge in [0.05, 0.1) is 6.54 Å². The number of alkyl halides is 1. The molecule has 3 rings (SSSR count). The molecule has 2 N–H and O–H groups in total. The van der Waals surface area contributed by atoms with Gasteiger partial charge in [0.15, 0.2) is 11.4 Å². The van der Waals surface area contributed by atoms with Crippen LogP contribution in [-0.4, -0.2) is 45.6 Å². The predicted molar refractivity (Wildman–Crippen MR) is 101 cm³/mol. The number of halogens is 4. The summed E-state index contributed by atoms with van der Waals surface area (Å²) in [6.07, 6.45) is -0.0233. The number of aromatic hydroxyl groups is 1. The minimum Gasteiger partial charge on any atom is -0.503 e. The Balaban J connectivity index is 1.85. The van der Waals surface area contributed by atoms with Gasteiger partial charge in [-0.05, 0) is 6.42 Å². The van der Waals surface area contributed by atoms with Crippen molar-refractivity contribution < 1.29 is 32.3 Å². The lowest BCUT2D eigenvalue weighted by Crippen LogP contribution is -2.45. The van der Waals surface area contributed by atoms with E-state index in [1.165, 1.54) is 9.47 Å². The van der Waals surface area contributed by atoms with Gasteiger partial charge in [-0.2, -0.15) is 0 Å². The first-order valence-electron chi connectivity index (χ1n) is 9.45. The van der Waals surface area contributed by atoms with E-state index in [9.17, 15) is 37.1 Å². The zero-order valence-corrected chi connectivity index (χ0v) is 16.4. The van der Waals surface area contributed by atoms with Gasteiger partial charge >= 0.3 is 0 Å². The fourth-order valence-electron chi connectivity index (χ4n) is 3.24. The second-order valence-corrected chi connectivity index (χ2v) is 7.05. The molecule has 0 radical (unpaired) electrons. The molecule has 0 bridgehead atoms.